The summed E-state index contributed by atoms with van der Waals surface area (Å²) in [4.78, 5) is 18.9. The molecule has 1 aliphatic rings. The SMILES string of the molecule is CCNc1nccc(-c2c(-c3ccc(F)cc3)nc3n2C(CNc2ccc4ccccc4n2)CC3)n1. The second kappa shape index (κ2) is 9.37. The zero-order chi connectivity index (χ0) is 24.5. The predicted molar refractivity (Wildman–Crippen MR) is 140 cm³/mol. The van der Waals surface area contributed by atoms with Crippen LogP contribution in [0.2, 0.25) is 0 Å². The van der Waals surface area contributed by atoms with Gasteiger partial charge in [-0.1, -0.05) is 18.2 Å². The number of halogens is 1. The molecule has 0 aliphatic carbocycles. The third kappa shape index (κ3) is 4.15. The van der Waals surface area contributed by atoms with Gasteiger partial charge in [-0.15, -0.1) is 0 Å². The number of hydrogen-bond acceptors (Lipinski definition) is 6. The lowest BCUT2D eigenvalue weighted by Crippen LogP contribution is -2.17. The van der Waals surface area contributed by atoms with E-state index in [2.05, 4.69) is 32.3 Å². The Morgan fingerprint density at radius 2 is 1.81 bits per heavy atom. The Morgan fingerprint density at radius 3 is 2.67 bits per heavy atom. The van der Waals surface area contributed by atoms with E-state index in [0.29, 0.717) is 12.5 Å². The second-order valence-corrected chi connectivity index (χ2v) is 8.86. The lowest BCUT2D eigenvalue weighted by atomic mass is 10.1. The van der Waals surface area contributed by atoms with E-state index < -0.39 is 0 Å². The Bertz CT molecular complexity index is 1530. The smallest absolute Gasteiger partial charge is 0.223 e. The zero-order valence-corrected chi connectivity index (χ0v) is 19.9. The fraction of sp³-hybridized carbons (Fsp3) is 0.214. The molecule has 5 aromatic rings. The first-order valence-electron chi connectivity index (χ1n) is 12.2. The average Bonchev–Trinajstić information content (AvgIpc) is 3.48. The average molecular weight is 480 g/mol. The van der Waals surface area contributed by atoms with Gasteiger partial charge in [0.2, 0.25) is 5.95 Å². The molecule has 180 valence electrons. The van der Waals surface area contributed by atoms with Gasteiger partial charge in [-0.2, -0.15) is 0 Å². The zero-order valence-electron chi connectivity index (χ0n) is 19.9. The number of benzene rings is 2. The molecule has 0 spiro atoms. The molecular weight excluding hydrogens is 453 g/mol. The Morgan fingerprint density at radius 1 is 0.944 bits per heavy atom. The highest BCUT2D eigenvalue weighted by Gasteiger charge is 2.31. The Balaban J connectivity index is 1.38. The maximum atomic E-state index is 13.7. The predicted octanol–water partition coefficient (Wildman–Crippen LogP) is 5.73. The fourth-order valence-electron chi connectivity index (χ4n) is 4.84. The molecule has 1 atom stereocenters. The number of rotatable bonds is 7. The van der Waals surface area contributed by atoms with Gasteiger partial charge in [0.15, 0.2) is 0 Å². The van der Waals surface area contributed by atoms with Crippen LogP contribution in [0, 0.1) is 5.82 Å². The maximum Gasteiger partial charge on any atom is 0.223 e. The molecule has 4 heterocycles. The molecule has 1 unspecified atom stereocenters. The molecule has 6 rings (SSSR count). The quantitative estimate of drug-likeness (QED) is 0.311. The van der Waals surface area contributed by atoms with E-state index >= 15 is 0 Å². The number of nitrogens with zero attached hydrogens (tertiary/aromatic N) is 5. The molecule has 0 bridgehead atoms. The number of para-hydroxylation sites is 1. The van der Waals surface area contributed by atoms with Gasteiger partial charge in [0, 0.05) is 36.7 Å². The third-order valence-electron chi connectivity index (χ3n) is 6.52. The van der Waals surface area contributed by atoms with Crippen molar-refractivity contribution < 1.29 is 4.39 Å². The summed E-state index contributed by atoms with van der Waals surface area (Å²) in [5.41, 5.74) is 4.34. The molecule has 3 aromatic heterocycles. The monoisotopic (exact) mass is 479 g/mol. The number of nitrogens with one attached hydrogen (secondary N) is 2. The molecule has 0 saturated heterocycles. The van der Waals surface area contributed by atoms with Gasteiger partial charge in [-0.3, -0.25) is 0 Å². The van der Waals surface area contributed by atoms with Gasteiger partial charge in [-0.05, 0) is 61.9 Å². The van der Waals surface area contributed by atoms with Gasteiger partial charge in [0.1, 0.15) is 17.5 Å². The molecule has 36 heavy (non-hydrogen) atoms. The summed E-state index contributed by atoms with van der Waals surface area (Å²) in [7, 11) is 0. The van der Waals surface area contributed by atoms with Crippen LogP contribution < -0.4 is 10.6 Å². The molecule has 0 fully saturated rings. The molecule has 2 N–H and O–H groups in total. The normalized spacial score (nSPS) is 14.7. The Kier molecular flexibility index (Phi) is 5.77. The minimum atomic E-state index is -0.270. The number of anilines is 2. The van der Waals surface area contributed by atoms with Gasteiger partial charge >= 0.3 is 0 Å². The largest absolute Gasteiger partial charge is 0.368 e. The van der Waals surface area contributed by atoms with Crippen molar-refractivity contribution in [3.63, 3.8) is 0 Å². The molecule has 0 radical (unpaired) electrons. The van der Waals surface area contributed by atoms with Gasteiger partial charge in [0.05, 0.1) is 28.6 Å². The van der Waals surface area contributed by atoms with Crippen LogP contribution in [0.15, 0.2) is 72.9 Å². The lowest BCUT2D eigenvalue weighted by Gasteiger charge is -2.18. The van der Waals surface area contributed by atoms with E-state index in [9.17, 15) is 4.39 Å². The van der Waals surface area contributed by atoms with Crippen LogP contribution in [0.25, 0.3) is 33.5 Å². The van der Waals surface area contributed by atoms with Crippen LogP contribution in [0.5, 0.6) is 0 Å². The lowest BCUT2D eigenvalue weighted by molar-refractivity contribution is 0.558. The second-order valence-electron chi connectivity index (χ2n) is 8.86. The van der Waals surface area contributed by atoms with Crippen molar-refractivity contribution in [3.05, 3.63) is 84.6 Å². The molecule has 7 nitrogen and oxygen atoms in total. The number of hydrogen-bond donors (Lipinski definition) is 2. The Hall–Kier alpha value is -4.33. The van der Waals surface area contributed by atoms with E-state index in [1.165, 1.54) is 12.1 Å². The Labute approximate surface area is 208 Å². The first-order valence-corrected chi connectivity index (χ1v) is 12.2. The minimum Gasteiger partial charge on any atom is -0.368 e. The molecular formula is C28H26FN7. The molecule has 1 aliphatic heterocycles. The summed E-state index contributed by atoms with van der Waals surface area (Å²) in [6, 6.07) is 20.8. The van der Waals surface area contributed by atoms with Crippen LogP contribution in [0.3, 0.4) is 0 Å². The summed E-state index contributed by atoms with van der Waals surface area (Å²) in [6.45, 7) is 3.44. The van der Waals surface area contributed by atoms with Crippen LogP contribution in [0.1, 0.15) is 25.2 Å². The molecule has 2 aromatic carbocycles. The van der Waals surface area contributed by atoms with Crippen LogP contribution in [-0.4, -0.2) is 37.6 Å². The third-order valence-corrected chi connectivity index (χ3v) is 6.52. The van der Waals surface area contributed by atoms with E-state index in [1.807, 2.05) is 37.3 Å². The van der Waals surface area contributed by atoms with Crippen molar-refractivity contribution in [2.45, 2.75) is 25.8 Å². The van der Waals surface area contributed by atoms with E-state index in [1.54, 1.807) is 18.3 Å². The summed E-state index contributed by atoms with van der Waals surface area (Å²) < 4.78 is 16.0. The van der Waals surface area contributed by atoms with Crippen LogP contribution in [0.4, 0.5) is 16.2 Å². The van der Waals surface area contributed by atoms with Gasteiger partial charge < -0.3 is 15.2 Å². The highest BCUT2D eigenvalue weighted by atomic mass is 19.1. The summed E-state index contributed by atoms with van der Waals surface area (Å²) >= 11 is 0. The van der Waals surface area contributed by atoms with Crippen LogP contribution >= 0.6 is 0 Å². The summed E-state index contributed by atoms with van der Waals surface area (Å²) in [5.74, 6) is 2.15. The first-order chi connectivity index (χ1) is 17.7. The molecule has 0 saturated carbocycles. The molecule has 8 heteroatoms. The number of pyridine rings is 1. The van der Waals surface area contributed by atoms with E-state index in [4.69, 9.17) is 15.0 Å². The van der Waals surface area contributed by atoms with Gasteiger partial charge in [-0.25, -0.2) is 24.3 Å². The fourth-order valence-corrected chi connectivity index (χ4v) is 4.84. The minimum absolute atomic E-state index is 0.169. The standard InChI is InChI=1S/C28H26FN7/c1-2-30-28-31-16-15-23(34-28)27-26(19-7-10-20(29)11-8-19)35-25-14-12-21(36(25)27)17-32-24-13-9-18-5-3-4-6-22(18)33-24/h3-11,13,15-16,21H,2,12,14,17H2,1H3,(H,32,33)(H,30,31,34). The number of aromatic nitrogens is 5. The van der Waals surface area contributed by atoms with E-state index in [0.717, 1.165) is 64.6 Å². The molecule has 0 amide bonds. The van der Waals surface area contributed by atoms with Gasteiger partial charge in [0.25, 0.3) is 0 Å². The summed E-state index contributed by atoms with van der Waals surface area (Å²) in [5, 5.41) is 7.84. The van der Waals surface area contributed by atoms with Crippen molar-refractivity contribution in [3.8, 4) is 22.6 Å². The highest BCUT2D eigenvalue weighted by molar-refractivity contribution is 5.80. The van der Waals surface area contributed by atoms with Crippen molar-refractivity contribution in [1.82, 2.24) is 24.5 Å². The summed E-state index contributed by atoms with van der Waals surface area (Å²) in [6.07, 6.45) is 3.58. The van der Waals surface area contributed by atoms with Crippen molar-refractivity contribution >= 4 is 22.7 Å². The van der Waals surface area contributed by atoms with Crippen molar-refractivity contribution in [1.29, 1.82) is 0 Å². The first kappa shape index (κ1) is 22.2. The number of imidazole rings is 1. The highest BCUT2D eigenvalue weighted by Crippen LogP contribution is 2.39. The number of aryl methyl sites for hydroxylation is 1. The maximum absolute atomic E-state index is 13.7. The van der Waals surface area contributed by atoms with E-state index in [-0.39, 0.29) is 11.9 Å². The topological polar surface area (TPSA) is 80.5 Å². The van der Waals surface area contributed by atoms with Crippen molar-refractivity contribution in [2.24, 2.45) is 0 Å². The number of fused-ring (bicyclic) bond motifs is 2. The van der Waals surface area contributed by atoms with Crippen molar-refractivity contribution in [2.75, 3.05) is 23.7 Å². The van der Waals surface area contributed by atoms with Crippen LogP contribution in [-0.2, 0) is 6.42 Å².